The molecule has 1 amide bonds. The van der Waals surface area contributed by atoms with Gasteiger partial charge in [-0.05, 0) is 30.7 Å². The number of morpholine rings is 1. The number of hydrogen-bond donors (Lipinski definition) is 1. The molecule has 1 fully saturated rings. The number of anilines is 1. The molecular formula is C22H22ClN3O2. The van der Waals surface area contributed by atoms with Gasteiger partial charge in [0, 0.05) is 36.2 Å². The van der Waals surface area contributed by atoms with E-state index in [-0.39, 0.29) is 5.91 Å². The molecule has 6 heteroatoms. The second kappa shape index (κ2) is 8.17. The van der Waals surface area contributed by atoms with Gasteiger partial charge in [0.2, 0.25) is 0 Å². The molecule has 28 heavy (non-hydrogen) atoms. The lowest BCUT2D eigenvalue weighted by Crippen LogP contribution is -2.41. The highest BCUT2D eigenvalue weighted by Crippen LogP contribution is 2.30. The zero-order chi connectivity index (χ0) is 19.5. The molecule has 144 valence electrons. The molecule has 0 spiro atoms. The number of benzene rings is 2. The molecule has 1 aromatic heterocycles. The quantitative estimate of drug-likeness (QED) is 0.716. The molecule has 1 aliphatic heterocycles. The Hall–Kier alpha value is -2.63. The third-order valence-corrected chi connectivity index (χ3v) is 5.15. The molecule has 0 atom stereocenters. The fourth-order valence-corrected chi connectivity index (χ4v) is 3.64. The van der Waals surface area contributed by atoms with Gasteiger partial charge in [0.1, 0.15) is 0 Å². The van der Waals surface area contributed by atoms with Gasteiger partial charge < -0.3 is 15.0 Å². The maximum absolute atomic E-state index is 13.2. The van der Waals surface area contributed by atoms with Gasteiger partial charge in [0.05, 0.1) is 30.0 Å². The summed E-state index contributed by atoms with van der Waals surface area (Å²) in [6.45, 7) is 4.97. The van der Waals surface area contributed by atoms with Crippen molar-refractivity contribution in [3.63, 3.8) is 0 Å². The van der Waals surface area contributed by atoms with E-state index >= 15 is 0 Å². The Bertz CT molecular complexity index is 1020. The Morgan fingerprint density at radius 2 is 2.04 bits per heavy atom. The number of halogens is 1. The molecule has 5 nitrogen and oxygen atoms in total. The fourth-order valence-electron chi connectivity index (χ4n) is 3.47. The zero-order valence-corrected chi connectivity index (χ0v) is 16.5. The Labute approximate surface area is 169 Å². The lowest BCUT2D eigenvalue weighted by atomic mass is 10.1. The van der Waals surface area contributed by atoms with Gasteiger partial charge in [-0.3, -0.25) is 9.78 Å². The van der Waals surface area contributed by atoms with Crippen molar-refractivity contribution in [1.82, 2.24) is 9.88 Å². The molecule has 0 saturated carbocycles. The van der Waals surface area contributed by atoms with E-state index in [1.165, 1.54) is 5.56 Å². The first kappa shape index (κ1) is 18.7. The molecular weight excluding hydrogens is 374 g/mol. The third kappa shape index (κ3) is 3.96. The first-order chi connectivity index (χ1) is 13.6. The highest BCUT2D eigenvalue weighted by atomic mass is 35.5. The third-order valence-electron chi connectivity index (χ3n) is 4.91. The van der Waals surface area contributed by atoms with Crippen LogP contribution in [0.4, 0.5) is 5.69 Å². The molecule has 0 radical (unpaired) electrons. The summed E-state index contributed by atoms with van der Waals surface area (Å²) >= 11 is 6.24. The Kier molecular flexibility index (Phi) is 5.46. The van der Waals surface area contributed by atoms with Crippen LogP contribution in [0.5, 0.6) is 0 Å². The molecule has 1 aliphatic rings. The first-order valence-electron chi connectivity index (χ1n) is 9.36. The standard InChI is InChI=1S/C22H22ClN3O2/c1-15-3-2-4-16(11-15)13-25-21-18-12-17(23)5-6-20(18)24-14-19(21)22(27)26-7-9-28-10-8-26/h2-6,11-12,14H,7-10,13H2,1H3,(H,24,25). The van der Waals surface area contributed by atoms with E-state index in [1.54, 1.807) is 6.20 Å². The summed E-state index contributed by atoms with van der Waals surface area (Å²) in [5.41, 5.74) is 4.48. The maximum Gasteiger partial charge on any atom is 0.257 e. The van der Waals surface area contributed by atoms with Gasteiger partial charge in [-0.1, -0.05) is 41.4 Å². The van der Waals surface area contributed by atoms with Gasteiger partial charge in [-0.15, -0.1) is 0 Å². The summed E-state index contributed by atoms with van der Waals surface area (Å²) in [5, 5.41) is 4.93. The number of carbonyl (C=O) groups is 1. The number of aryl methyl sites for hydroxylation is 1. The highest BCUT2D eigenvalue weighted by Gasteiger charge is 2.23. The molecule has 2 aromatic carbocycles. The van der Waals surface area contributed by atoms with Crippen molar-refractivity contribution in [1.29, 1.82) is 0 Å². The van der Waals surface area contributed by atoms with Crippen molar-refractivity contribution < 1.29 is 9.53 Å². The van der Waals surface area contributed by atoms with E-state index in [0.29, 0.717) is 43.4 Å². The number of aromatic nitrogens is 1. The van der Waals surface area contributed by atoms with Crippen molar-refractivity contribution in [2.24, 2.45) is 0 Å². The van der Waals surface area contributed by atoms with E-state index in [0.717, 1.165) is 22.2 Å². The van der Waals surface area contributed by atoms with E-state index < -0.39 is 0 Å². The summed E-state index contributed by atoms with van der Waals surface area (Å²) in [5.74, 6) is -0.0376. The molecule has 1 N–H and O–H groups in total. The fraction of sp³-hybridized carbons (Fsp3) is 0.273. The predicted octanol–water partition coefficient (Wildman–Crippen LogP) is 4.28. The number of nitrogens with one attached hydrogen (secondary N) is 1. The Balaban J connectivity index is 1.73. The van der Waals surface area contributed by atoms with Crippen LogP contribution in [-0.4, -0.2) is 42.1 Å². The molecule has 0 bridgehead atoms. The summed E-state index contributed by atoms with van der Waals surface area (Å²) in [6.07, 6.45) is 1.66. The summed E-state index contributed by atoms with van der Waals surface area (Å²) < 4.78 is 5.38. The number of ether oxygens (including phenoxy) is 1. The number of pyridine rings is 1. The van der Waals surface area contributed by atoms with Crippen LogP contribution in [0.25, 0.3) is 10.9 Å². The van der Waals surface area contributed by atoms with Crippen LogP contribution in [0.15, 0.2) is 48.7 Å². The second-order valence-corrected chi connectivity index (χ2v) is 7.39. The van der Waals surface area contributed by atoms with E-state index in [4.69, 9.17) is 16.3 Å². The molecule has 4 rings (SSSR count). The molecule has 0 aliphatic carbocycles. The van der Waals surface area contributed by atoms with Crippen LogP contribution in [0.1, 0.15) is 21.5 Å². The predicted molar refractivity (Wildman–Crippen MR) is 112 cm³/mol. The van der Waals surface area contributed by atoms with Crippen molar-refractivity contribution in [3.8, 4) is 0 Å². The SMILES string of the molecule is Cc1cccc(CNc2c(C(=O)N3CCOCC3)cnc3ccc(Cl)cc23)c1. The van der Waals surface area contributed by atoms with Crippen LogP contribution in [0.3, 0.4) is 0 Å². The van der Waals surface area contributed by atoms with Crippen molar-refractivity contribution in [2.45, 2.75) is 13.5 Å². The van der Waals surface area contributed by atoms with Crippen molar-refractivity contribution in [2.75, 3.05) is 31.6 Å². The monoisotopic (exact) mass is 395 g/mol. The van der Waals surface area contributed by atoms with E-state index in [1.807, 2.05) is 29.2 Å². The lowest BCUT2D eigenvalue weighted by molar-refractivity contribution is 0.0303. The highest BCUT2D eigenvalue weighted by molar-refractivity contribution is 6.31. The minimum absolute atomic E-state index is 0.0376. The largest absolute Gasteiger partial charge is 0.380 e. The molecule has 1 saturated heterocycles. The first-order valence-corrected chi connectivity index (χ1v) is 9.74. The van der Waals surface area contributed by atoms with Gasteiger partial charge in [0.25, 0.3) is 5.91 Å². The lowest BCUT2D eigenvalue weighted by Gasteiger charge is -2.28. The Morgan fingerprint density at radius 3 is 2.82 bits per heavy atom. The number of carbonyl (C=O) groups excluding carboxylic acids is 1. The maximum atomic E-state index is 13.2. The van der Waals surface area contributed by atoms with Gasteiger partial charge in [-0.25, -0.2) is 0 Å². The number of hydrogen-bond acceptors (Lipinski definition) is 4. The average Bonchev–Trinajstić information content (AvgIpc) is 2.72. The van der Waals surface area contributed by atoms with E-state index in [2.05, 4.69) is 35.4 Å². The van der Waals surface area contributed by atoms with Crippen LogP contribution >= 0.6 is 11.6 Å². The van der Waals surface area contributed by atoms with Gasteiger partial charge in [0.15, 0.2) is 0 Å². The number of nitrogens with zero attached hydrogens (tertiary/aromatic N) is 2. The van der Waals surface area contributed by atoms with Crippen LogP contribution in [0.2, 0.25) is 5.02 Å². The zero-order valence-electron chi connectivity index (χ0n) is 15.7. The topological polar surface area (TPSA) is 54.5 Å². The average molecular weight is 396 g/mol. The Morgan fingerprint density at radius 1 is 1.21 bits per heavy atom. The van der Waals surface area contributed by atoms with Crippen LogP contribution in [0, 0.1) is 6.92 Å². The molecule has 0 unspecified atom stereocenters. The number of amides is 1. The van der Waals surface area contributed by atoms with Crippen molar-refractivity contribution >= 4 is 34.1 Å². The second-order valence-electron chi connectivity index (χ2n) is 6.96. The summed E-state index contributed by atoms with van der Waals surface area (Å²) in [6, 6.07) is 13.8. The molecule has 3 aromatic rings. The van der Waals surface area contributed by atoms with E-state index in [9.17, 15) is 4.79 Å². The summed E-state index contributed by atoms with van der Waals surface area (Å²) in [7, 11) is 0. The number of fused-ring (bicyclic) bond motifs is 1. The number of rotatable bonds is 4. The van der Waals surface area contributed by atoms with Crippen molar-refractivity contribution in [3.05, 3.63) is 70.4 Å². The minimum atomic E-state index is -0.0376. The van der Waals surface area contributed by atoms with Gasteiger partial charge in [-0.2, -0.15) is 0 Å². The van der Waals surface area contributed by atoms with Crippen LogP contribution < -0.4 is 5.32 Å². The van der Waals surface area contributed by atoms with Crippen LogP contribution in [-0.2, 0) is 11.3 Å². The van der Waals surface area contributed by atoms with Gasteiger partial charge >= 0.3 is 0 Å². The molecule has 2 heterocycles. The normalized spacial score (nSPS) is 14.3. The summed E-state index contributed by atoms with van der Waals surface area (Å²) in [4.78, 5) is 19.5. The smallest absolute Gasteiger partial charge is 0.257 e. The minimum Gasteiger partial charge on any atom is -0.380 e.